The average molecular weight is 499 g/mol. The van der Waals surface area contributed by atoms with Gasteiger partial charge in [-0.05, 0) is 38.1 Å². The summed E-state index contributed by atoms with van der Waals surface area (Å²) in [6, 6.07) is 9.68. The summed E-state index contributed by atoms with van der Waals surface area (Å²) in [5.41, 5.74) is 0.214. The molecule has 1 aliphatic rings. The average Bonchev–Trinajstić information content (AvgIpc) is 2.76. The van der Waals surface area contributed by atoms with Crippen LogP contribution in [0.3, 0.4) is 0 Å². The molecule has 1 saturated heterocycles. The van der Waals surface area contributed by atoms with Crippen molar-refractivity contribution < 1.29 is 31.9 Å². The molecule has 0 radical (unpaired) electrons. The molecule has 3 rings (SSSR count). The van der Waals surface area contributed by atoms with Crippen LogP contribution in [0, 0.1) is 5.82 Å². The summed E-state index contributed by atoms with van der Waals surface area (Å²) < 4.78 is 51.7. The van der Waals surface area contributed by atoms with E-state index in [1.165, 1.54) is 34.6 Å². The van der Waals surface area contributed by atoms with Gasteiger partial charge in [0.1, 0.15) is 10.7 Å². The molecule has 0 bridgehead atoms. The zero-order valence-electron chi connectivity index (χ0n) is 18.1. The van der Waals surface area contributed by atoms with Gasteiger partial charge in [-0.1, -0.05) is 29.8 Å². The van der Waals surface area contributed by atoms with E-state index in [-0.39, 0.29) is 52.9 Å². The van der Waals surface area contributed by atoms with Crippen molar-refractivity contribution in [2.24, 2.45) is 0 Å². The van der Waals surface area contributed by atoms with Crippen LogP contribution >= 0.6 is 11.6 Å². The van der Waals surface area contributed by atoms with Crippen molar-refractivity contribution in [1.29, 1.82) is 0 Å². The van der Waals surface area contributed by atoms with E-state index in [0.717, 1.165) is 6.07 Å². The topological polar surface area (TPSA) is 102 Å². The second-order valence-electron chi connectivity index (χ2n) is 7.67. The van der Waals surface area contributed by atoms with Crippen LogP contribution in [-0.2, 0) is 30.8 Å². The maximum atomic E-state index is 13.6. The molecule has 0 aromatic heterocycles. The van der Waals surface area contributed by atoms with Crippen molar-refractivity contribution >= 4 is 33.5 Å². The highest BCUT2D eigenvalue weighted by Crippen LogP contribution is 2.28. The van der Waals surface area contributed by atoms with Crippen LogP contribution in [0.25, 0.3) is 0 Å². The third kappa shape index (κ3) is 6.29. The smallest absolute Gasteiger partial charge is 0.338 e. The van der Waals surface area contributed by atoms with Gasteiger partial charge in [0.05, 0.1) is 22.8 Å². The number of hydrogen-bond donors (Lipinski definition) is 1. The fourth-order valence-corrected chi connectivity index (χ4v) is 5.49. The van der Waals surface area contributed by atoms with E-state index in [4.69, 9.17) is 21.1 Å². The Kier molecular flexibility index (Phi) is 8.06. The lowest BCUT2D eigenvalue weighted by molar-refractivity contribution is -0.124. The van der Waals surface area contributed by atoms with Crippen LogP contribution in [0.15, 0.2) is 47.4 Å². The molecule has 1 heterocycles. The van der Waals surface area contributed by atoms with Gasteiger partial charge in [-0.15, -0.1) is 0 Å². The van der Waals surface area contributed by atoms with Gasteiger partial charge in [0.25, 0.3) is 5.91 Å². The number of hydrogen-bond acceptors (Lipinski definition) is 6. The molecule has 2 unspecified atom stereocenters. The summed E-state index contributed by atoms with van der Waals surface area (Å²) in [7, 11) is -3.99. The van der Waals surface area contributed by atoms with E-state index in [2.05, 4.69) is 5.32 Å². The third-order valence-corrected chi connectivity index (χ3v) is 7.25. The van der Waals surface area contributed by atoms with Crippen LogP contribution in [0.5, 0.6) is 0 Å². The second kappa shape index (κ2) is 10.6. The van der Waals surface area contributed by atoms with Crippen LogP contribution in [0.4, 0.5) is 4.39 Å². The third-order valence-electron chi connectivity index (χ3n) is 4.94. The van der Waals surface area contributed by atoms with Crippen molar-refractivity contribution in [2.45, 2.75) is 37.5 Å². The Morgan fingerprint density at radius 3 is 2.52 bits per heavy atom. The molecule has 33 heavy (non-hydrogen) atoms. The highest BCUT2D eigenvalue weighted by atomic mass is 35.5. The minimum Gasteiger partial charge on any atom is -0.452 e. The van der Waals surface area contributed by atoms with E-state index in [9.17, 15) is 22.4 Å². The first-order chi connectivity index (χ1) is 15.6. The van der Waals surface area contributed by atoms with Gasteiger partial charge in [0, 0.05) is 25.2 Å². The largest absolute Gasteiger partial charge is 0.452 e. The monoisotopic (exact) mass is 498 g/mol. The Bertz CT molecular complexity index is 1130. The number of esters is 1. The maximum absolute atomic E-state index is 13.6. The Morgan fingerprint density at radius 2 is 1.85 bits per heavy atom. The molecule has 0 aliphatic carbocycles. The normalized spacial score (nSPS) is 19.2. The van der Waals surface area contributed by atoms with Crippen LogP contribution < -0.4 is 5.32 Å². The predicted molar refractivity (Wildman–Crippen MR) is 119 cm³/mol. The summed E-state index contributed by atoms with van der Waals surface area (Å²) in [6.07, 6.45) is -0.586. The molecule has 1 amide bonds. The number of halogens is 2. The molecule has 1 aliphatic heterocycles. The Labute approximate surface area is 196 Å². The van der Waals surface area contributed by atoms with Gasteiger partial charge in [-0.3, -0.25) is 4.79 Å². The van der Waals surface area contributed by atoms with Crippen LogP contribution in [0.1, 0.15) is 29.8 Å². The Morgan fingerprint density at radius 1 is 1.18 bits per heavy atom. The lowest BCUT2D eigenvalue weighted by Crippen LogP contribution is -2.48. The second-order valence-corrected chi connectivity index (χ2v) is 9.98. The van der Waals surface area contributed by atoms with Crippen molar-refractivity contribution in [3.63, 3.8) is 0 Å². The summed E-state index contributed by atoms with van der Waals surface area (Å²) >= 11 is 6.13. The van der Waals surface area contributed by atoms with Gasteiger partial charge in [0.2, 0.25) is 10.0 Å². The lowest BCUT2D eigenvalue weighted by Gasteiger charge is -2.34. The molecule has 0 spiro atoms. The van der Waals surface area contributed by atoms with Crippen molar-refractivity contribution in [1.82, 2.24) is 9.62 Å². The van der Waals surface area contributed by atoms with Crippen molar-refractivity contribution in [2.75, 3.05) is 19.7 Å². The lowest BCUT2D eigenvalue weighted by atomic mass is 10.2. The van der Waals surface area contributed by atoms with E-state index >= 15 is 0 Å². The van der Waals surface area contributed by atoms with Crippen LogP contribution in [-0.4, -0.2) is 56.5 Å². The molecule has 178 valence electrons. The number of nitrogens with zero attached hydrogens (tertiary/aromatic N) is 1. The molecule has 1 fully saturated rings. The Hall–Kier alpha value is -2.53. The van der Waals surface area contributed by atoms with Gasteiger partial charge >= 0.3 is 5.97 Å². The Balaban J connectivity index is 1.65. The molecular formula is C22H24ClFN2O6S. The zero-order valence-corrected chi connectivity index (χ0v) is 19.7. The fraction of sp³-hybridized carbons (Fsp3) is 0.364. The van der Waals surface area contributed by atoms with Gasteiger partial charge in [-0.2, -0.15) is 4.31 Å². The molecule has 8 nitrogen and oxygen atoms in total. The summed E-state index contributed by atoms with van der Waals surface area (Å²) in [5, 5.41) is 2.41. The standard InChI is InChI=1S/C22H24ClFN2O6S/c1-14-11-26(12-15(2)32-14)33(29,30)20-9-16(7-8-18(20)23)22(28)31-13-21(27)25-10-17-5-3-4-6-19(17)24/h3-9,14-15H,10-13H2,1-2H3,(H,25,27). The molecule has 2 aromatic carbocycles. The SMILES string of the molecule is CC1CN(S(=O)(=O)c2cc(C(=O)OCC(=O)NCc3ccccc3F)ccc2Cl)CC(C)O1. The number of ether oxygens (including phenoxy) is 2. The van der Waals surface area contributed by atoms with E-state index < -0.39 is 34.3 Å². The molecule has 2 aromatic rings. The van der Waals surface area contributed by atoms with Crippen molar-refractivity contribution in [3.8, 4) is 0 Å². The molecule has 2 atom stereocenters. The number of nitrogens with one attached hydrogen (secondary N) is 1. The zero-order chi connectivity index (χ0) is 24.2. The predicted octanol–water partition coefficient (Wildman–Crippen LogP) is 2.75. The first kappa shape index (κ1) is 25.1. The summed E-state index contributed by atoms with van der Waals surface area (Å²) in [6.45, 7) is 3.16. The van der Waals surface area contributed by atoms with Crippen LogP contribution in [0.2, 0.25) is 5.02 Å². The van der Waals surface area contributed by atoms with Gasteiger partial charge in [-0.25, -0.2) is 17.6 Å². The quantitative estimate of drug-likeness (QED) is 0.589. The summed E-state index contributed by atoms with van der Waals surface area (Å²) in [5.74, 6) is -1.99. The maximum Gasteiger partial charge on any atom is 0.338 e. The highest BCUT2D eigenvalue weighted by Gasteiger charge is 2.34. The number of rotatable bonds is 7. The first-order valence-corrected chi connectivity index (χ1v) is 12.0. The van der Waals surface area contributed by atoms with E-state index in [1.54, 1.807) is 19.9 Å². The highest BCUT2D eigenvalue weighted by molar-refractivity contribution is 7.89. The van der Waals surface area contributed by atoms with Gasteiger partial charge in [0.15, 0.2) is 6.61 Å². The number of morpholine rings is 1. The first-order valence-electron chi connectivity index (χ1n) is 10.2. The number of amides is 1. The number of carbonyl (C=O) groups is 2. The number of benzene rings is 2. The number of sulfonamides is 1. The molecule has 1 N–H and O–H groups in total. The number of carbonyl (C=O) groups excluding carboxylic acids is 2. The van der Waals surface area contributed by atoms with E-state index in [0.29, 0.717) is 0 Å². The van der Waals surface area contributed by atoms with Gasteiger partial charge < -0.3 is 14.8 Å². The minimum absolute atomic E-state index is 0.0408. The molecule has 0 saturated carbocycles. The molecular weight excluding hydrogens is 475 g/mol. The van der Waals surface area contributed by atoms with Crippen molar-refractivity contribution in [3.05, 3.63) is 64.4 Å². The molecule has 11 heteroatoms. The fourth-order valence-electron chi connectivity index (χ4n) is 3.40. The minimum atomic E-state index is -3.99. The van der Waals surface area contributed by atoms with E-state index in [1.807, 2.05) is 0 Å². The summed E-state index contributed by atoms with van der Waals surface area (Å²) in [4.78, 5) is 24.1.